The normalized spacial score (nSPS) is 17.4. The van der Waals surface area contributed by atoms with E-state index in [1.807, 2.05) is 39.0 Å². The van der Waals surface area contributed by atoms with Crippen molar-refractivity contribution in [2.24, 2.45) is 0 Å². The van der Waals surface area contributed by atoms with Gasteiger partial charge in [0.1, 0.15) is 18.5 Å². The Bertz CT molecular complexity index is 959. The third-order valence-corrected chi connectivity index (χ3v) is 6.67. The third kappa shape index (κ3) is 4.58. The lowest BCUT2D eigenvalue weighted by molar-refractivity contribution is 0.262. The van der Waals surface area contributed by atoms with E-state index < -0.39 is 9.84 Å². The molecule has 152 valence electrons. The van der Waals surface area contributed by atoms with Gasteiger partial charge in [-0.15, -0.1) is 0 Å². The maximum Gasteiger partial charge on any atom is 0.207 e. The molecule has 0 saturated carbocycles. The second-order valence-electron chi connectivity index (χ2n) is 9.46. The highest BCUT2D eigenvalue weighted by molar-refractivity contribution is 7.91. The smallest absolute Gasteiger partial charge is 0.207 e. The largest absolute Gasteiger partial charge is 0.491 e. The second-order valence-corrected chi connectivity index (χ2v) is 11.4. The summed E-state index contributed by atoms with van der Waals surface area (Å²) in [5.74, 6) is 0.565. The van der Waals surface area contributed by atoms with Crippen molar-refractivity contribution in [1.29, 1.82) is 0 Å². The lowest BCUT2D eigenvalue weighted by Gasteiger charge is -2.24. The van der Waals surface area contributed by atoms with E-state index in [0.717, 1.165) is 11.1 Å². The molecule has 1 aliphatic heterocycles. The van der Waals surface area contributed by atoms with E-state index in [2.05, 4.69) is 20.8 Å². The van der Waals surface area contributed by atoms with Crippen LogP contribution < -0.4 is 4.74 Å². The Labute approximate surface area is 168 Å². The summed E-state index contributed by atoms with van der Waals surface area (Å²) in [5, 5.41) is 0. The minimum Gasteiger partial charge on any atom is -0.491 e. The summed E-state index contributed by atoms with van der Waals surface area (Å²) in [6.45, 7) is 13.4. The van der Waals surface area contributed by atoms with Gasteiger partial charge in [0.2, 0.25) is 9.84 Å². The predicted octanol–water partition coefficient (Wildman–Crippen LogP) is 4.89. The molecule has 28 heavy (non-hydrogen) atoms. The molecule has 1 fully saturated rings. The van der Waals surface area contributed by atoms with Crippen molar-refractivity contribution in [3.05, 3.63) is 53.6 Å². The van der Waals surface area contributed by atoms with Gasteiger partial charge in [0.15, 0.2) is 0 Å². The van der Waals surface area contributed by atoms with Crippen molar-refractivity contribution < 1.29 is 17.9 Å². The van der Waals surface area contributed by atoms with Crippen LogP contribution in [0.1, 0.15) is 52.7 Å². The zero-order chi connectivity index (χ0) is 20.7. The van der Waals surface area contributed by atoms with Crippen LogP contribution in [0.2, 0.25) is 0 Å². The highest BCUT2D eigenvalue weighted by atomic mass is 32.2. The fourth-order valence-corrected chi connectivity index (χ4v) is 4.77. The summed E-state index contributed by atoms with van der Waals surface area (Å²) in [6.07, 6.45) is 0.111. The van der Waals surface area contributed by atoms with Gasteiger partial charge in [-0.2, -0.15) is 0 Å². The van der Waals surface area contributed by atoms with Gasteiger partial charge in [0.05, 0.1) is 16.4 Å². The predicted molar refractivity (Wildman–Crippen MR) is 111 cm³/mol. The average Bonchev–Trinajstić information content (AvgIpc) is 3.42. The molecule has 2 aromatic rings. The number of benzene rings is 2. The topological polar surface area (TPSA) is 55.9 Å². The number of hydrogen-bond donors (Lipinski definition) is 0. The number of sulfone groups is 1. The van der Waals surface area contributed by atoms with E-state index in [-0.39, 0.29) is 21.8 Å². The molecule has 1 unspecified atom stereocenters. The molecule has 0 bridgehead atoms. The summed E-state index contributed by atoms with van der Waals surface area (Å²) >= 11 is 0. The standard InChI is InChI=1S/C23H30O4S/c1-22(2,3)16-11-17(26-14-18-15-27-18)13-19(12-16)28(24,25)21-10-8-7-9-20(21)23(4,5)6/h7-13,18H,14-15H2,1-6H3. The van der Waals surface area contributed by atoms with Crippen molar-refractivity contribution in [2.75, 3.05) is 13.2 Å². The monoisotopic (exact) mass is 402 g/mol. The summed E-state index contributed by atoms with van der Waals surface area (Å²) in [5.41, 5.74) is 1.25. The maximum absolute atomic E-state index is 13.6. The highest BCUT2D eigenvalue weighted by Gasteiger charge is 2.29. The first-order valence-corrected chi connectivity index (χ1v) is 11.1. The van der Waals surface area contributed by atoms with Crippen LogP contribution in [0.25, 0.3) is 0 Å². The molecule has 5 heteroatoms. The molecule has 1 saturated heterocycles. The molecular weight excluding hydrogens is 372 g/mol. The number of ether oxygens (including phenoxy) is 2. The summed E-state index contributed by atoms with van der Waals surface area (Å²) < 4.78 is 38.3. The Balaban J connectivity index is 2.12. The molecule has 0 amide bonds. The maximum atomic E-state index is 13.6. The molecule has 2 aromatic carbocycles. The van der Waals surface area contributed by atoms with Crippen LogP contribution in [0.15, 0.2) is 52.3 Å². The Kier molecular flexibility index (Phi) is 5.36. The van der Waals surface area contributed by atoms with E-state index in [9.17, 15) is 8.42 Å². The molecule has 1 atom stereocenters. The Morgan fingerprint density at radius 2 is 1.64 bits per heavy atom. The lowest BCUT2D eigenvalue weighted by Crippen LogP contribution is -2.18. The van der Waals surface area contributed by atoms with Crippen LogP contribution in [0.5, 0.6) is 5.75 Å². The fourth-order valence-electron chi connectivity index (χ4n) is 3.04. The minimum atomic E-state index is -3.69. The molecule has 0 aromatic heterocycles. The zero-order valence-electron chi connectivity index (χ0n) is 17.6. The van der Waals surface area contributed by atoms with Crippen molar-refractivity contribution in [2.45, 2.75) is 68.3 Å². The van der Waals surface area contributed by atoms with Crippen molar-refractivity contribution in [3.63, 3.8) is 0 Å². The van der Waals surface area contributed by atoms with Crippen LogP contribution in [-0.2, 0) is 25.4 Å². The molecule has 0 N–H and O–H groups in total. The third-order valence-electron chi connectivity index (χ3n) is 4.88. The first-order valence-electron chi connectivity index (χ1n) is 9.63. The van der Waals surface area contributed by atoms with Crippen LogP contribution in [-0.4, -0.2) is 27.7 Å². The number of rotatable bonds is 5. The van der Waals surface area contributed by atoms with Crippen LogP contribution >= 0.6 is 0 Å². The number of epoxide rings is 1. The number of hydrogen-bond acceptors (Lipinski definition) is 4. The van der Waals surface area contributed by atoms with Gasteiger partial charge in [-0.1, -0.05) is 59.7 Å². The van der Waals surface area contributed by atoms with Gasteiger partial charge in [0, 0.05) is 0 Å². The van der Waals surface area contributed by atoms with Crippen LogP contribution in [0.3, 0.4) is 0 Å². The summed E-state index contributed by atoms with van der Waals surface area (Å²) in [4.78, 5) is 0.619. The van der Waals surface area contributed by atoms with Crippen molar-refractivity contribution >= 4 is 9.84 Å². The molecule has 4 nitrogen and oxygen atoms in total. The molecule has 1 heterocycles. The molecule has 0 radical (unpaired) electrons. The molecular formula is C23H30O4S. The first kappa shape index (κ1) is 20.9. The fraction of sp³-hybridized carbons (Fsp3) is 0.478. The van der Waals surface area contributed by atoms with Gasteiger partial charge in [-0.05, 0) is 46.2 Å². The SMILES string of the molecule is CC(C)(C)c1cc(OCC2CO2)cc(S(=O)(=O)c2ccccc2C(C)(C)C)c1. The highest BCUT2D eigenvalue weighted by Crippen LogP contribution is 2.36. The zero-order valence-corrected chi connectivity index (χ0v) is 18.4. The van der Waals surface area contributed by atoms with E-state index in [1.165, 1.54) is 0 Å². The Morgan fingerprint density at radius 1 is 1.00 bits per heavy atom. The Morgan fingerprint density at radius 3 is 2.21 bits per heavy atom. The summed E-state index contributed by atoms with van der Waals surface area (Å²) in [6, 6.07) is 12.6. The van der Waals surface area contributed by atoms with Gasteiger partial charge in [0.25, 0.3) is 0 Å². The first-order chi connectivity index (χ1) is 12.9. The molecule has 0 spiro atoms. The van der Waals surface area contributed by atoms with Crippen LogP contribution in [0.4, 0.5) is 0 Å². The molecule has 0 aliphatic carbocycles. The lowest BCUT2D eigenvalue weighted by atomic mass is 9.87. The van der Waals surface area contributed by atoms with Gasteiger partial charge in [-0.3, -0.25) is 0 Å². The van der Waals surface area contributed by atoms with Crippen molar-refractivity contribution in [1.82, 2.24) is 0 Å². The van der Waals surface area contributed by atoms with Crippen LogP contribution in [0, 0.1) is 0 Å². The van der Waals surface area contributed by atoms with E-state index in [1.54, 1.807) is 24.3 Å². The van der Waals surface area contributed by atoms with E-state index in [0.29, 0.717) is 23.9 Å². The van der Waals surface area contributed by atoms with Gasteiger partial charge >= 0.3 is 0 Å². The van der Waals surface area contributed by atoms with Gasteiger partial charge < -0.3 is 9.47 Å². The minimum absolute atomic E-state index is 0.111. The molecule has 3 rings (SSSR count). The van der Waals surface area contributed by atoms with Gasteiger partial charge in [-0.25, -0.2) is 8.42 Å². The second kappa shape index (κ2) is 7.20. The van der Waals surface area contributed by atoms with E-state index >= 15 is 0 Å². The Hall–Kier alpha value is -1.85. The average molecular weight is 403 g/mol. The summed E-state index contributed by atoms with van der Waals surface area (Å²) in [7, 11) is -3.69. The van der Waals surface area contributed by atoms with E-state index in [4.69, 9.17) is 9.47 Å². The molecule has 1 aliphatic rings. The quantitative estimate of drug-likeness (QED) is 0.668. The van der Waals surface area contributed by atoms with Crippen molar-refractivity contribution in [3.8, 4) is 5.75 Å².